The van der Waals surface area contributed by atoms with Gasteiger partial charge in [-0.2, -0.15) is 0 Å². The van der Waals surface area contributed by atoms with Crippen LogP contribution in [0.4, 0.5) is 15.8 Å². The quantitative estimate of drug-likeness (QED) is 0.652. The number of anilines is 2. The molecular weight excluding hydrogens is 181 g/mol. The molecule has 0 aromatic heterocycles. The Morgan fingerprint density at radius 1 is 1.29 bits per heavy atom. The Hall–Kier alpha value is -1.29. The normalized spacial score (nSPS) is 17.1. The molecule has 0 bridgehead atoms. The van der Waals surface area contributed by atoms with Gasteiger partial charge in [0.2, 0.25) is 0 Å². The molecule has 0 saturated carbocycles. The highest BCUT2D eigenvalue weighted by atomic mass is 19.1. The van der Waals surface area contributed by atoms with Gasteiger partial charge in [0.1, 0.15) is 5.82 Å². The summed E-state index contributed by atoms with van der Waals surface area (Å²) in [6, 6.07) is 4.70. The number of hydrogen-bond donors (Lipinski definition) is 2. The third-order valence-corrected chi connectivity index (χ3v) is 2.43. The number of rotatable bonds is 1. The maximum absolute atomic E-state index is 13.4. The van der Waals surface area contributed by atoms with E-state index in [1.54, 1.807) is 12.1 Å². The van der Waals surface area contributed by atoms with Crippen LogP contribution in [-0.2, 0) is 0 Å². The van der Waals surface area contributed by atoms with E-state index in [2.05, 4.69) is 5.32 Å². The highest BCUT2D eigenvalue weighted by Crippen LogP contribution is 2.22. The first-order chi connectivity index (χ1) is 6.77. The lowest BCUT2D eigenvalue weighted by molar-refractivity contribution is 0.566. The molecule has 1 aliphatic heterocycles. The molecule has 3 N–H and O–H groups in total. The molecule has 76 valence electrons. The van der Waals surface area contributed by atoms with E-state index in [0.29, 0.717) is 11.4 Å². The molecule has 1 saturated heterocycles. The SMILES string of the molecule is Nc1ccc(F)c(N2CCNCC2)c1. The molecule has 1 aliphatic rings. The Balaban J connectivity index is 2.24. The number of nitrogen functional groups attached to an aromatic ring is 1. The van der Waals surface area contributed by atoms with Gasteiger partial charge in [0.25, 0.3) is 0 Å². The minimum Gasteiger partial charge on any atom is -0.399 e. The van der Waals surface area contributed by atoms with Gasteiger partial charge in [-0.25, -0.2) is 4.39 Å². The van der Waals surface area contributed by atoms with E-state index in [4.69, 9.17) is 5.73 Å². The number of benzene rings is 1. The predicted octanol–water partition coefficient (Wildman–Crippen LogP) is 0.817. The fourth-order valence-corrected chi connectivity index (χ4v) is 1.68. The largest absolute Gasteiger partial charge is 0.399 e. The summed E-state index contributed by atoms with van der Waals surface area (Å²) in [7, 11) is 0. The lowest BCUT2D eigenvalue weighted by Gasteiger charge is -2.29. The summed E-state index contributed by atoms with van der Waals surface area (Å²) in [6.07, 6.45) is 0. The van der Waals surface area contributed by atoms with E-state index in [-0.39, 0.29) is 5.82 Å². The third kappa shape index (κ3) is 1.80. The average molecular weight is 195 g/mol. The average Bonchev–Trinajstić information content (AvgIpc) is 2.23. The Bertz CT molecular complexity index is 321. The van der Waals surface area contributed by atoms with Crippen LogP contribution in [0, 0.1) is 5.82 Å². The fourth-order valence-electron chi connectivity index (χ4n) is 1.68. The zero-order valence-electron chi connectivity index (χ0n) is 7.96. The van der Waals surface area contributed by atoms with Crippen LogP contribution in [0.2, 0.25) is 0 Å². The van der Waals surface area contributed by atoms with Crippen molar-refractivity contribution in [2.75, 3.05) is 36.8 Å². The van der Waals surface area contributed by atoms with Crippen LogP contribution in [0.1, 0.15) is 0 Å². The number of nitrogens with two attached hydrogens (primary N) is 1. The fraction of sp³-hybridized carbons (Fsp3) is 0.400. The second-order valence-corrected chi connectivity index (χ2v) is 3.45. The Labute approximate surface area is 82.7 Å². The monoisotopic (exact) mass is 195 g/mol. The van der Waals surface area contributed by atoms with Crippen molar-refractivity contribution in [1.82, 2.24) is 5.32 Å². The van der Waals surface area contributed by atoms with Crippen molar-refractivity contribution in [1.29, 1.82) is 0 Å². The summed E-state index contributed by atoms with van der Waals surface area (Å²) in [4.78, 5) is 2.02. The summed E-state index contributed by atoms with van der Waals surface area (Å²) in [5, 5.41) is 3.22. The highest BCUT2D eigenvalue weighted by Gasteiger charge is 2.14. The first-order valence-corrected chi connectivity index (χ1v) is 4.78. The van der Waals surface area contributed by atoms with E-state index >= 15 is 0 Å². The van der Waals surface area contributed by atoms with Crippen molar-refractivity contribution in [3.8, 4) is 0 Å². The topological polar surface area (TPSA) is 41.3 Å². The van der Waals surface area contributed by atoms with Crippen molar-refractivity contribution in [2.24, 2.45) is 0 Å². The maximum Gasteiger partial charge on any atom is 0.146 e. The predicted molar refractivity (Wildman–Crippen MR) is 55.9 cm³/mol. The Kier molecular flexibility index (Phi) is 2.54. The van der Waals surface area contributed by atoms with Gasteiger partial charge in [-0.3, -0.25) is 0 Å². The molecule has 0 aliphatic carbocycles. The van der Waals surface area contributed by atoms with Gasteiger partial charge in [0, 0.05) is 31.9 Å². The van der Waals surface area contributed by atoms with E-state index in [1.807, 2.05) is 4.90 Å². The van der Waals surface area contributed by atoms with Crippen molar-refractivity contribution in [2.45, 2.75) is 0 Å². The van der Waals surface area contributed by atoms with Crippen LogP contribution in [0.3, 0.4) is 0 Å². The molecule has 0 radical (unpaired) electrons. The molecule has 3 nitrogen and oxygen atoms in total. The van der Waals surface area contributed by atoms with Crippen molar-refractivity contribution < 1.29 is 4.39 Å². The van der Waals surface area contributed by atoms with Crippen molar-refractivity contribution in [3.63, 3.8) is 0 Å². The zero-order valence-corrected chi connectivity index (χ0v) is 7.96. The van der Waals surface area contributed by atoms with Gasteiger partial charge in [0.05, 0.1) is 5.69 Å². The van der Waals surface area contributed by atoms with Gasteiger partial charge < -0.3 is 16.0 Å². The number of piperazine rings is 1. The molecule has 0 amide bonds. The second-order valence-electron chi connectivity index (χ2n) is 3.45. The molecule has 1 fully saturated rings. The zero-order chi connectivity index (χ0) is 9.97. The third-order valence-electron chi connectivity index (χ3n) is 2.43. The Morgan fingerprint density at radius 3 is 2.71 bits per heavy atom. The van der Waals surface area contributed by atoms with E-state index in [0.717, 1.165) is 26.2 Å². The van der Waals surface area contributed by atoms with E-state index < -0.39 is 0 Å². The first kappa shape index (κ1) is 9.27. The van der Waals surface area contributed by atoms with Crippen molar-refractivity contribution >= 4 is 11.4 Å². The van der Waals surface area contributed by atoms with Crippen molar-refractivity contribution in [3.05, 3.63) is 24.0 Å². The molecule has 0 spiro atoms. The summed E-state index contributed by atoms with van der Waals surface area (Å²) in [6.45, 7) is 3.46. The van der Waals surface area contributed by atoms with Gasteiger partial charge >= 0.3 is 0 Å². The molecule has 2 rings (SSSR count). The van der Waals surface area contributed by atoms with E-state index in [9.17, 15) is 4.39 Å². The van der Waals surface area contributed by atoms with Crippen LogP contribution < -0.4 is 16.0 Å². The molecule has 4 heteroatoms. The lowest BCUT2D eigenvalue weighted by Crippen LogP contribution is -2.43. The summed E-state index contributed by atoms with van der Waals surface area (Å²) >= 11 is 0. The minimum absolute atomic E-state index is 0.193. The smallest absolute Gasteiger partial charge is 0.146 e. The first-order valence-electron chi connectivity index (χ1n) is 4.78. The number of hydrogen-bond acceptors (Lipinski definition) is 3. The summed E-state index contributed by atoms with van der Waals surface area (Å²) in [5.41, 5.74) is 6.85. The molecule has 0 atom stereocenters. The van der Waals surface area contributed by atoms with Crippen LogP contribution >= 0.6 is 0 Å². The number of halogens is 1. The van der Waals surface area contributed by atoms with Crippen LogP contribution in [0.15, 0.2) is 18.2 Å². The molecular formula is C10H14FN3. The van der Waals surface area contributed by atoms with Gasteiger partial charge in [0.15, 0.2) is 0 Å². The molecule has 14 heavy (non-hydrogen) atoms. The molecule has 0 unspecified atom stereocenters. The van der Waals surface area contributed by atoms with Crippen LogP contribution in [-0.4, -0.2) is 26.2 Å². The van der Waals surface area contributed by atoms with Gasteiger partial charge in [-0.05, 0) is 18.2 Å². The van der Waals surface area contributed by atoms with Crippen LogP contribution in [0.5, 0.6) is 0 Å². The lowest BCUT2D eigenvalue weighted by atomic mass is 10.2. The minimum atomic E-state index is -0.193. The molecule has 1 aromatic rings. The second kappa shape index (κ2) is 3.84. The van der Waals surface area contributed by atoms with Gasteiger partial charge in [-0.15, -0.1) is 0 Å². The van der Waals surface area contributed by atoms with Crippen LogP contribution in [0.25, 0.3) is 0 Å². The summed E-state index contributed by atoms with van der Waals surface area (Å²) < 4.78 is 13.4. The Morgan fingerprint density at radius 2 is 2.00 bits per heavy atom. The maximum atomic E-state index is 13.4. The molecule has 1 heterocycles. The summed E-state index contributed by atoms with van der Waals surface area (Å²) in [5.74, 6) is -0.193. The van der Waals surface area contributed by atoms with E-state index in [1.165, 1.54) is 6.07 Å². The number of nitrogens with one attached hydrogen (secondary N) is 1. The molecule has 1 aromatic carbocycles. The van der Waals surface area contributed by atoms with Gasteiger partial charge in [-0.1, -0.05) is 0 Å². The number of nitrogens with zero attached hydrogens (tertiary/aromatic N) is 1. The highest BCUT2D eigenvalue weighted by molar-refractivity contribution is 5.57. The standard InChI is InChI=1S/C10H14FN3/c11-9-2-1-8(12)7-10(9)14-5-3-13-4-6-14/h1-2,7,13H,3-6,12H2.